The van der Waals surface area contributed by atoms with Crippen LogP contribution in [0.1, 0.15) is 21.3 Å². The van der Waals surface area contributed by atoms with Crippen LogP contribution in [-0.4, -0.2) is 36.4 Å². The molecule has 2 aromatic heterocycles. The highest BCUT2D eigenvalue weighted by Gasteiger charge is 2.16. The number of rotatable bonds is 5. The highest BCUT2D eigenvalue weighted by molar-refractivity contribution is 9.10. The summed E-state index contributed by atoms with van der Waals surface area (Å²) in [6, 6.07) is 6.05. The van der Waals surface area contributed by atoms with Gasteiger partial charge in [0.15, 0.2) is 0 Å². The van der Waals surface area contributed by atoms with Gasteiger partial charge in [0.25, 0.3) is 5.91 Å². The summed E-state index contributed by atoms with van der Waals surface area (Å²) in [5.74, 6) is -0.109. The van der Waals surface area contributed by atoms with Gasteiger partial charge in [-0.25, -0.2) is 0 Å². The molecule has 0 saturated heterocycles. The third-order valence-electron chi connectivity index (χ3n) is 2.92. The van der Waals surface area contributed by atoms with E-state index in [9.17, 15) is 4.79 Å². The minimum absolute atomic E-state index is 0.109. The third kappa shape index (κ3) is 3.88. The molecule has 2 rings (SSSR count). The van der Waals surface area contributed by atoms with Crippen LogP contribution in [-0.2, 0) is 0 Å². The first kappa shape index (κ1) is 15.2. The van der Waals surface area contributed by atoms with Crippen molar-refractivity contribution >= 4 is 33.2 Å². The maximum absolute atomic E-state index is 12.1. The van der Waals surface area contributed by atoms with Crippen molar-refractivity contribution in [3.8, 4) is 0 Å². The third-order valence-corrected chi connectivity index (χ3v) is 4.33. The Labute approximate surface area is 131 Å². The summed E-state index contributed by atoms with van der Waals surface area (Å²) < 4.78 is 0.799. The van der Waals surface area contributed by atoms with E-state index in [1.807, 2.05) is 25.5 Å². The van der Waals surface area contributed by atoms with Gasteiger partial charge < -0.3 is 10.2 Å². The van der Waals surface area contributed by atoms with E-state index < -0.39 is 0 Å². The SMILES string of the molecule is CN(C)[C@H](CNC(=O)c1cncc(Br)c1)c1cccs1. The van der Waals surface area contributed by atoms with Crippen molar-refractivity contribution in [2.45, 2.75) is 6.04 Å². The van der Waals surface area contributed by atoms with Crippen LogP contribution in [0.3, 0.4) is 0 Å². The second kappa shape index (κ2) is 6.97. The van der Waals surface area contributed by atoms with Crippen LogP contribution in [0.15, 0.2) is 40.4 Å². The van der Waals surface area contributed by atoms with E-state index in [1.165, 1.54) is 4.88 Å². The number of halogens is 1. The van der Waals surface area contributed by atoms with Crippen molar-refractivity contribution in [3.63, 3.8) is 0 Å². The fourth-order valence-electron chi connectivity index (χ4n) is 1.85. The van der Waals surface area contributed by atoms with Crippen molar-refractivity contribution in [1.82, 2.24) is 15.2 Å². The molecule has 0 saturated carbocycles. The number of likely N-dealkylation sites (N-methyl/N-ethyl adjacent to an activating group) is 1. The lowest BCUT2D eigenvalue weighted by molar-refractivity contribution is 0.0942. The van der Waals surface area contributed by atoms with Crippen LogP contribution in [0.25, 0.3) is 0 Å². The Morgan fingerprint density at radius 2 is 2.30 bits per heavy atom. The van der Waals surface area contributed by atoms with Gasteiger partial charge in [-0.05, 0) is 47.5 Å². The molecule has 2 aromatic rings. The molecule has 0 spiro atoms. The van der Waals surface area contributed by atoms with E-state index >= 15 is 0 Å². The highest BCUT2D eigenvalue weighted by Crippen LogP contribution is 2.22. The number of amides is 1. The van der Waals surface area contributed by atoms with Crippen molar-refractivity contribution in [2.24, 2.45) is 0 Å². The van der Waals surface area contributed by atoms with Gasteiger partial charge in [0.1, 0.15) is 0 Å². The number of nitrogens with one attached hydrogen (secondary N) is 1. The maximum Gasteiger partial charge on any atom is 0.252 e. The number of hydrogen-bond acceptors (Lipinski definition) is 4. The molecule has 0 aliphatic rings. The molecule has 0 radical (unpaired) electrons. The molecule has 0 fully saturated rings. The van der Waals surface area contributed by atoms with Crippen LogP contribution in [0.2, 0.25) is 0 Å². The van der Waals surface area contributed by atoms with Gasteiger partial charge in [0.2, 0.25) is 0 Å². The van der Waals surface area contributed by atoms with Gasteiger partial charge in [-0.1, -0.05) is 6.07 Å². The Balaban J connectivity index is 2.01. The second-order valence-electron chi connectivity index (χ2n) is 4.60. The molecule has 0 aliphatic carbocycles. The minimum Gasteiger partial charge on any atom is -0.350 e. The van der Waals surface area contributed by atoms with Crippen molar-refractivity contribution in [3.05, 3.63) is 50.9 Å². The quantitative estimate of drug-likeness (QED) is 0.898. The van der Waals surface area contributed by atoms with Gasteiger partial charge in [0, 0.05) is 28.3 Å². The topological polar surface area (TPSA) is 45.2 Å². The van der Waals surface area contributed by atoms with Crippen molar-refractivity contribution in [2.75, 3.05) is 20.6 Å². The van der Waals surface area contributed by atoms with Crippen LogP contribution < -0.4 is 5.32 Å². The van der Waals surface area contributed by atoms with E-state index in [-0.39, 0.29) is 11.9 Å². The van der Waals surface area contributed by atoms with Crippen LogP contribution >= 0.6 is 27.3 Å². The lowest BCUT2D eigenvalue weighted by Crippen LogP contribution is -2.34. The summed E-state index contributed by atoms with van der Waals surface area (Å²) in [5, 5.41) is 5.01. The van der Waals surface area contributed by atoms with E-state index in [2.05, 4.69) is 37.2 Å². The summed E-state index contributed by atoms with van der Waals surface area (Å²) in [7, 11) is 4.02. The lowest BCUT2D eigenvalue weighted by atomic mass is 10.2. The Bertz CT molecular complexity index is 572. The molecule has 106 valence electrons. The maximum atomic E-state index is 12.1. The van der Waals surface area contributed by atoms with E-state index in [1.54, 1.807) is 29.8 Å². The standard InChI is InChI=1S/C14H16BrN3OS/c1-18(2)12(13-4-3-5-20-13)9-17-14(19)10-6-11(15)8-16-7-10/h3-8,12H,9H2,1-2H3,(H,17,19)/t12-/m1/s1. The van der Waals surface area contributed by atoms with E-state index in [0.717, 1.165) is 4.47 Å². The summed E-state index contributed by atoms with van der Waals surface area (Å²) in [6.07, 6.45) is 3.22. The number of hydrogen-bond donors (Lipinski definition) is 1. The van der Waals surface area contributed by atoms with Gasteiger partial charge in [0.05, 0.1) is 11.6 Å². The molecule has 0 aromatic carbocycles. The molecule has 6 heteroatoms. The number of carbonyl (C=O) groups excluding carboxylic acids is 1. The predicted octanol–water partition coefficient (Wildman–Crippen LogP) is 2.94. The number of thiophene rings is 1. The Kier molecular flexibility index (Phi) is 5.28. The first-order valence-corrected chi connectivity index (χ1v) is 7.84. The summed E-state index contributed by atoms with van der Waals surface area (Å²) in [6.45, 7) is 0.568. The molecule has 2 heterocycles. The number of pyridine rings is 1. The van der Waals surface area contributed by atoms with Crippen molar-refractivity contribution < 1.29 is 4.79 Å². The van der Waals surface area contributed by atoms with Gasteiger partial charge in [-0.3, -0.25) is 9.78 Å². The number of aromatic nitrogens is 1. The molecule has 1 atom stereocenters. The average molecular weight is 354 g/mol. The lowest BCUT2D eigenvalue weighted by Gasteiger charge is -2.23. The normalized spacial score (nSPS) is 12.4. The zero-order chi connectivity index (χ0) is 14.5. The van der Waals surface area contributed by atoms with E-state index in [4.69, 9.17) is 0 Å². The van der Waals surface area contributed by atoms with E-state index in [0.29, 0.717) is 12.1 Å². The number of nitrogens with zero attached hydrogens (tertiary/aromatic N) is 2. The zero-order valence-corrected chi connectivity index (χ0v) is 13.7. The molecule has 4 nitrogen and oxygen atoms in total. The van der Waals surface area contributed by atoms with Crippen LogP contribution in [0, 0.1) is 0 Å². The summed E-state index contributed by atoms with van der Waals surface area (Å²) in [4.78, 5) is 19.4. The fraction of sp³-hybridized carbons (Fsp3) is 0.286. The summed E-state index contributed by atoms with van der Waals surface area (Å²) >= 11 is 5.01. The molecule has 20 heavy (non-hydrogen) atoms. The molecule has 1 amide bonds. The predicted molar refractivity (Wildman–Crippen MR) is 85.0 cm³/mol. The fourth-order valence-corrected chi connectivity index (χ4v) is 3.13. The molecule has 0 aliphatic heterocycles. The summed E-state index contributed by atoms with van der Waals surface area (Å²) in [5.41, 5.74) is 0.558. The van der Waals surface area contributed by atoms with Gasteiger partial charge in [-0.2, -0.15) is 0 Å². The minimum atomic E-state index is -0.109. The molecule has 0 unspecified atom stereocenters. The molecule has 1 N–H and O–H groups in total. The average Bonchev–Trinajstić information content (AvgIpc) is 2.92. The van der Waals surface area contributed by atoms with Crippen LogP contribution in [0.4, 0.5) is 0 Å². The van der Waals surface area contributed by atoms with Gasteiger partial charge >= 0.3 is 0 Å². The van der Waals surface area contributed by atoms with Gasteiger partial charge in [-0.15, -0.1) is 11.3 Å². The molecular formula is C14H16BrN3OS. The Hall–Kier alpha value is -1.24. The largest absolute Gasteiger partial charge is 0.350 e. The highest BCUT2D eigenvalue weighted by atomic mass is 79.9. The number of carbonyl (C=O) groups is 1. The monoisotopic (exact) mass is 353 g/mol. The Morgan fingerprint density at radius 3 is 2.90 bits per heavy atom. The first-order valence-electron chi connectivity index (χ1n) is 6.16. The smallest absolute Gasteiger partial charge is 0.252 e. The zero-order valence-electron chi connectivity index (χ0n) is 11.3. The van der Waals surface area contributed by atoms with Crippen LogP contribution in [0.5, 0.6) is 0 Å². The first-order chi connectivity index (χ1) is 9.58. The molecular weight excluding hydrogens is 338 g/mol. The second-order valence-corrected chi connectivity index (χ2v) is 6.49. The Morgan fingerprint density at radius 1 is 1.50 bits per heavy atom. The molecule has 0 bridgehead atoms. The van der Waals surface area contributed by atoms with Crippen molar-refractivity contribution in [1.29, 1.82) is 0 Å².